The molecule has 1 fully saturated rings. The predicted molar refractivity (Wildman–Crippen MR) is 109 cm³/mol. The molecule has 156 valence electrons. The maximum atomic E-state index is 13.3. The first kappa shape index (κ1) is 20.2. The highest BCUT2D eigenvalue weighted by atomic mass is 19.4. The van der Waals surface area contributed by atoms with E-state index in [0.29, 0.717) is 22.3 Å². The number of ketones is 1. The van der Waals surface area contributed by atoms with Crippen LogP contribution in [0.15, 0.2) is 47.5 Å². The molecule has 0 atom stereocenters. The Morgan fingerprint density at radius 2 is 1.83 bits per heavy atom. The number of aromatic hydroxyl groups is 1. The Labute approximate surface area is 171 Å². The van der Waals surface area contributed by atoms with Crippen molar-refractivity contribution in [1.29, 1.82) is 0 Å². The number of rotatable bonds is 5. The van der Waals surface area contributed by atoms with Crippen LogP contribution in [-0.4, -0.2) is 27.7 Å². The zero-order chi connectivity index (χ0) is 21.6. The van der Waals surface area contributed by atoms with E-state index in [9.17, 15) is 23.1 Å². The van der Waals surface area contributed by atoms with E-state index >= 15 is 0 Å². The fourth-order valence-corrected chi connectivity index (χ4v) is 3.57. The van der Waals surface area contributed by atoms with E-state index in [1.54, 1.807) is 19.1 Å². The molecule has 0 spiro atoms. The van der Waals surface area contributed by atoms with Crippen molar-refractivity contribution in [2.45, 2.75) is 32.9 Å². The summed E-state index contributed by atoms with van der Waals surface area (Å²) in [5, 5.41) is 11.4. The first-order chi connectivity index (χ1) is 14.2. The second kappa shape index (κ2) is 7.31. The number of benzene rings is 2. The molecule has 1 aliphatic carbocycles. The van der Waals surface area contributed by atoms with Crippen LogP contribution in [0.5, 0.6) is 5.88 Å². The minimum atomic E-state index is -4.51. The molecule has 4 rings (SSSR count). The van der Waals surface area contributed by atoms with Gasteiger partial charge in [-0.25, -0.2) is 0 Å². The molecule has 0 saturated heterocycles. The molecule has 7 heteroatoms. The Hall–Kier alpha value is -3.09. The summed E-state index contributed by atoms with van der Waals surface area (Å²) in [6.07, 6.45) is -2.75. The second-order valence-corrected chi connectivity index (χ2v) is 7.74. The molecule has 0 bridgehead atoms. The van der Waals surface area contributed by atoms with Crippen LogP contribution in [-0.2, 0) is 11.0 Å². The lowest BCUT2D eigenvalue weighted by Crippen LogP contribution is -2.07. The SMILES string of the molecule is CC(=NCC(=O)C1CC1)c1c(O)n(-c2ccc(C)cc2)c2cc(C(F)(F)F)ccc12. The standard InChI is InChI=1S/C23H21F3N2O2/c1-13-3-8-17(9-4-13)28-19-11-16(23(24,25)26)7-10-18(19)21(22(28)30)14(2)27-12-20(29)15-5-6-15/h3-4,7-11,15,30H,5-6,12H2,1-2H3. The van der Waals surface area contributed by atoms with Crippen LogP contribution < -0.4 is 0 Å². The number of hydrogen-bond acceptors (Lipinski definition) is 3. The summed E-state index contributed by atoms with van der Waals surface area (Å²) in [5.41, 5.74) is 1.70. The normalized spacial score (nSPS) is 15.0. The fourth-order valence-electron chi connectivity index (χ4n) is 3.57. The Morgan fingerprint density at radius 3 is 2.43 bits per heavy atom. The number of aryl methyl sites for hydroxylation is 1. The van der Waals surface area contributed by atoms with E-state index in [-0.39, 0.29) is 29.6 Å². The van der Waals surface area contributed by atoms with Crippen molar-refractivity contribution >= 4 is 22.4 Å². The third-order valence-electron chi connectivity index (χ3n) is 5.43. The van der Waals surface area contributed by atoms with Crippen LogP contribution >= 0.6 is 0 Å². The average Bonchev–Trinajstić information content (AvgIpc) is 3.49. The van der Waals surface area contributed by atoms with E-state index in [2.05, 4.69) is 4.99 Å². The van der Waals surface area contributed by atoms with Crippen molar-refractivity contribution in [2.75, 3.05) is 6.54 Å². The number of aliphatic imine (C=N–C) groups is 1. The van der Waals surface area contributed by atoms with Crippen LogP contribution in [0, 0.1) is 12.8 Å². The Balaban J connectivity index is 1.89. The number of carbonyl (C=O) groups excluding carboxylic acids is 1. The van der Waals surface area contributed by atoms with Crippen LogP contribution in [0.4, 0.5) is 13.2 Å². The van der Waals surface area contributed by atoms with Crippen molar-refractivity contribution in [1.82, 2.24) is 4.57 Å². The van der Waals surface area contributed by atoms with Crippen molar-refractivity contribution in [3.63, 3.8) is 0 Å². The number of aromatic nitrogens is 1. The molecule has 3 aromatic rings. The molecule has 1 saturated carbocycles. The number of fused-ring (bicyclic) bond motifs is 1. The fraction of sp³-hybridized carbons (Fsp3) is 0.304. The van der Waals surface area contributed by atoms with Crippen molar-refractivity contribution in [3.05, 3.63) is 59.2 Å². The van der Waals surface area contributed by atoms with Gasteiger partial charge in [0.1, 0.15) is 0 Å². The zero-order valence-electron chi connectivity index (χ0n) is 16.6. The van der Waals surface area contributed by atoms with Gasteiger partial charge in [0.25, 0.3) is 0 Å². The minimum absolute atomic E-state index is 0.00772. The second-order valence-electron chi connectivity index (χ2n) is 7.74. The molecule has 1 N–H and O–H groups in total. The van der Waals surface area contributed by atoms with Crippen molar-refractivity contribution < 1.29 is 23.1 Å². The van der Waals surface area contributed by atoms with Crippen molar-refractivity contribution in [3.8, 4) is 11.6 Å². The number of hydrogen-bond donors (Lipinski definition) is 1. The number of halogens is 3. The number of nitrogens with zero attached hydrogens (tertiary/aromatic N) is 2. The molecule has 1 heterocycles. The maximum Gasteiger partial charge on any atom is 0.416 e. The Morgan fingerprint density at radius 1 is 1.17 bits per heavy atom. The highest BCUT2D eigenvalue weighted by Gasteiger charge is 2.32. The smallest absolute Gasteiger partial charge is 0.416 e. The first-order valence-electron chi connectivity index (χ1n) is 9.72. The van der Waals surface area contributed by atoms with E-state index in [1.807, 2.05) is 19.1 Å². The van der Waals surface area contributed by atoms with Gasteiger partial charge in [-0.3, -0.25) is 14.4 Å². The lowest BCUT2D eigenvalue weighted by atomic mass is 10.1. The number of alkyl halides is 3. The lowest BCUT2D eigenvalue weighted by molar-refractivity contribution is -0.137. The molecule has 1 aromatic heterocycles. The Bertz CT molecular complexity index is 1150. The predicted octanol–water partition coefficient (Wildman–Crippen LogP) is 5.45. The molecular weight excluding hydrogens is 393 g/mol. The Kier molecular flexibility index (Phi) is 4.92. The molecule has 1 aliphatic rings. The quantitative estimate of drug-likeness (QED) is 0.565. The summed E-state index contributed by atoms with van der Waals surface area (Å²) in [6.45, 7) is 3.57. The zero-order valence-corrected chi connectivity index (χ0v) is 16.6. The summed E-state index contributed by atoms with van der Waals surface area (Å²) < 4.78 is 41.4. The third-order valence-corrected chi connectivity index (χ3v) is 5.43. The van der Waals surface area contributed by atoms with Gasteiger partial charge in [-0.2, -0.15) is 13.2 Å². The van der Waals surface area contributed by atoms with Gasteiger partial charge in [-0.1, -0.05) is 23.8 Å². The molecule has 0 amide bonds. The van der Waals surface area contributed by atoms with E-state index in [1.165, 1.54) is 10.6 Å². The van der Waals surface area contributed by atoms with Gasteiger partial charge in [-0.05, 0) is 51.0 Å². The van der Waals surface area contributed by atoms with Gasteiger partial charge in [0.2, 0.25) is 5.88 Å². The monoisotopic (exact) mass is 414 g/mol. The molecule has 2 aromatic carbocycles. The summed E-state index contributed by atoms with van der Waals surface area (Å²) in [4.78, 5) is 16.3. The lowest BCUT2D eigenvalue weighted by Gasteiger charge is -2.10. The van der Waals surface area contributed by atoms with E-state index in [0.717, 1.165) is 30.5 Å². The van der Waals surface area contributed by atoms with Crippen LogP contribution in [0.25, 0.3) is 16.6 Å². The summed E-state index contributed by atoms with van der Waals surface area (Å²) in [5.74, 6) is -0.0813. The largest absolute Gasteiger partial charge is 0.494 e. The number of Topliss-reactive ketones (excluding diaryl/α,β-unsaturated/α-hetero) is 1. The van der Waals surface area contributed by atoms with Gasteiger partial charge in [0.15, 0.2) is 5.78 Å². The molecular formula is C23H21F3N2O2. The van der Waals surface area contributed by atoms with Gasteiger partial charge >= 0.3 is 6.18 Å². The number of carbonyl (C=O) groups is 1. The van der Waals surface area contributed by atoms with Crippen LogP contribution in [0.2, 0.25) is 0 Å². The molecule has 0 unspecified atom stereocenters. The van der Waals surface area contributed by atoms with Gasteiger partial charge in [0, 0.05) is 22.7 Å². The third kappa shape index (κ3) is 3.72. The summed E-state index contributed by atoms with van der Waals surface area (Å²) in [6, 6.07) is 10.5. The van der Waals surface area contributed by atoms with E-state index < -0.39 is 11.7 Å². The van der Waals surface area contributed by atoms with Gasteiger partial charge in [-0.15, -0.1) is 0 Å². The minimum Gasteiger partial charge on any atom is -0.494 e. The highest BCUT2D eigenvalue weighted by Crippen LogP contribution is 2.39. The van der Waals surface area contributed by atoms with Crippen molar-refractivity contribution in [2.24, 2.45) is 10.9 Å². The van der Waals surface area contributed by atoms with Crippen LogP contribution in [0.3, 0.4) is 0 Å². The molecule has 0 radical (unpaired) electrons. The highest BCUT2D eigenvalue weighted by molar-refractivity contribution is 6.13. The van der Waals surface area contributed by atoms with Gasteiger partial charge < -0.3 is 5.11 Å². The van der Waals surface area contributed by atoms with Crippen LogP contribution in [0.1, 0.15) is 36.5 Å². The van der Waals surface area contributed by atoms with E-state index in [4.69, 9.17) is 0 Å². The van der Waals surface area contributed by atoms with Gasteiger partial charge in [0.05, 0.1) is 23.2 Å². The molecule has 0 aliphatic heterocycles. The topological polar surface area (TPSA) is 54.6 Å². The molecule has 4 nitrogen and oxygen atoms in total. The maximum absolute atomic E-state index is 13.3. The average molecular weight is 414 g/mol. The molecule has 30 heavy (non-hydrogen) atoms. The first-order valence-corrected chi connectivity index (χ1v) is 9.72. The summed E-state index contributed by atoms with van der Waals surface area (Å²) >= 11 is 0. The summed E-state index contributed by atoms with van der Waals surface area (Å²) in [7, 11) is 0.